The molecule has 1 aliphatic rings. The number of halogens is 1. The van der Waals surface area contributed by atoms with Crippen LogP contribution >= 0.6 is 0 Å². The van der Waals surface area contributed by atoms with Crippen LogP contribution in [-0.4, -0.2) is 23.3 Å². The zero-order chi connectivity index (χ0) is 10.8. The summed E-state index contributed by atoms with van der Waals surface area (Å²) >= 11 is 0. The Kier molecular flexibility index (Phi) is 2.98. The van der Waals surface area contributed by atoms with Crippen LogP contribution in [0.15, 0.2) is 18.5 Å². The molecule has 1 saturated carbocycles. The van der Waals surface area contributed by atoms with Gasteiger partial charge in [-0.3, -0.25) is 4.98 Å². The van der Waals surface area contributed by atoms with Gasteiger partial charge < -0.3 is 9.84 Å². The molecule has 1 N–H and O–H groups in total. The maximum absolute atomic E-state index is 13.3. The number of ether oxygens (including phenoxy) is 1. The Morgan fingerprint density at radius 1 is 1.60 bits per heavy atom. The zero-order valence-corrected chi connectivity index (χ0v) is 8.56. The van der Waals surface area contributed by atoms with Crippen molar-refractivity contribution in [3.63, 3.8) is 0 Å². The lowest BCUT2D eigenvalue weighted by molar-refractivity contribution is -0.0275. The second-order valence-electron chi connectivity index (χ2n) is 3.88. The molecule has 1 aromatic rings. The predicted octanol–water partition coefficient (Wildman–Crippen LogP) is 1.68. The van der Waals surface area contributed by atoms with E-state index in [1.54, 1.807) is 7.11 Å². The summed E-state index contributed by atoms with van der Waals surface area (Å²) in [5.41, 5.74) is 0.267. The van der Waals surface area contributed by atoms with E-state index < -0.39 is 11.9 Å². The van der Waals surface area contributed by atoms with Crippen LogP contribution in [0, 0.1) is 11.7 Å². The minimum absolute atomic E-state index is 0.267. The minimum atomic E-state index is -0.898. The average molecular weight is 211 g/mol. The highest BCUT2D eigenvalue weighted by Crippen LogP contribution is 2.39. The van der Waals surface area contributed by atoms with Gasteiger partial charge in [-0.05, 0) is 24.8 Å². The fourth-order valence-corrected chi connectivity index (χ4v) is 1.81. The van der Waals surface area contributed by atoms with Crippen molar-refractivity contribution in [3.05, 3.63) is 29.8 Å². The molecule has 15 heavy (non-hydrogen) atoms. The lowest BCUT2D eigenvalue weighted by atomic mass is 10.0. The normalized spacial score (nSPS) is 19.9. The summed E-state index contributed by atoms with van der Waals surface area (Å²) in [7, 11) is 1.55. The van der Waals surface area contributed by atoms with Crippen molar-refractivity contribution in [1.29, 1.82) is 0 Å². The summed E-state index contributed by atoms with van der Waals surface area (Å²) < 4.78 is 18.6. The largest absolute Gasteiger partial charge is 0.386 e. The van der Waals surface area contributed by atoms with Gasteiger partial charge >= 0.3 is 0 Å². The van der Waals surface area contributed by atoms with Gasteiger partial charge in [0.2, 0.25) is 0 Å². The molecule has 3 nitrogen and oxygen atoms in total. The molecule has 82 valence electrons. The molecule has 0 bridgehead atoms. The van der Waals surface area contributed by atoms with Gasteiger partial charge in [0.15, 0.2) is 0 Å². The number of pyridine rings is 1. The molecular weight excluding hydrogens is 197 g/mol. The maximum Gasteiger partial charge on any atom is 0.147 e. The second kappa shape index (κ2) is 4.24. The van der Waals surface area contributed by atoms with Gasteiger partial charge in [0, 0.05) is 18.9 Å². The third-order valence-electron chi connectivity index (χ3n) is 2.79. The number of aromatic nitrogens is 1. The number of hydrogen-bond donors (Lipinski definition) is 1. The first kappa shape index (κ1) is 10.5. The number of rotatable bonds is 4. The highest BCUT2D eigenvalue weighted by Gasteiger charge is 2.37. The first-order valence-electron chi connectivity index (χ1n) is 5.04. The fraction of sp³-hybridized carbons (Fsp3) is 0.545. The average Bonchev–Trinajstić information content (AvgIpc) is 3.03. The third kappa shape index (κ3) is 2.16. The van der Waals surface area contributed by atoms with Gasteiger partial charge in [0.05, 0.1) is 12.3 Å². The lowest BCUT2D eigenvalue weighted by Gasteiger charge is -2.21. The summed E-state index contributed by atoms with van der Waals surface area (Å²) in [5.74, 6) is -0.120. The van der Waals surface area contributed by atoms with Crippen molar-refractivity contribution >= 4 is 0 Å². The Morgan fingerprint density at radius 2 is 2.33 bits per heavy atom. The molecule has 1 fully saturated rings. The van der Waals surface area contributed by atoms with Crippen LogP contribution in [0.4, 0.5) is 4.39 Å². The molecule has 1 aromatic heterocycles. The molecule has 0 spiro atoms. The number of aliphatic hydroxyl groups excluding tert-OH is 1. The summed E-state index contributed by atoms with van der Waals surface area (Å²) in [4.78, 5) is 3.65. The molecule has 1 aliphatic carbocycles. The standard InChI is InChI=1S/C11H14FNO2/c1-15-11(7-2-3-7)10(14)8-4-5-13-6-9(8)12/h4-7,10-11,14H,2-3H2,1H3. The quantitative estimate of drug-likeness (QED) is 0.823. The highest BCUT2D eigenvalue weighted by atomic mass is 19.1. The Morgan fingerprint density at radius 3 is 2.87 bits per heavy atom. The van der Waals surface area contributed by atoms with Crippen molar-refractivity contribution < 1.29 is 14.2 Å². The van der Waals surface area contributed by atoms with E-state index in [2.05, 4.69) is 4.98 Å². The van der Waals surface area contributed by atoms with Crippen LogP contribution in [0.1, 0.15) is 24.5 Å². The molecule has 0 amide bonds. The van der Waals surface area contributed by atoms with E-state index in [9.17, 15) is 9.50 Å². The van der Waals surface area contributed by atoms with Crippen molar-refractivity contribution in [2.75, 3.05) is 7.11 Å². The van der Waals surface area contributed by atoms with E-state index in [0.29, 0.717) is 5.92 Å². The van der Waals surface area contributed by atoms with Crippen LogP contribution in [0.5, 0.6) is 0 Å². The monoisotopic (exact) mass is 211 g/mol. The SMILES string of the molecule is COC(C1CC1)C(O)c1ccncc1F. The zero-order valence-electron chi connectivity index (χ0n) is 8.56. The predicted molar refractivity (Wildman–Crippen MR) is 52.7 cm³/mol. The van der Waals surface area contributed by atoms with Gasteiger partial charge in [-0.25, -0.2) is 4.39 Å². The first-order valence-corrected chi connectivity index (χ1v) is 5.04. The molecular formula is C11H14FNO2. The van der Waals surface area contributed by atoms with Gasteiger partial charge in [-0.1, -0.05) is 0 Å². The molecule has 0 aromatic carbocycles. The van der Waals surface area contributed by atoms with Crippen LogP contribution in [0.3, 0.4) is 0 Å². The molecule has 0 radical (unpaired) electrons. The molecule has 0 saturated heterocycles. The number of aliphatic hydroxyl groups is 1. The highest BCUT2D eigenvalue weighted by molar-refractivity contribution is 5.17. The van der Waals surface area contributed by atoms with Crippen molar-refractivity contribution in [3.8, 4) is 0 Å². The molecule has 4 heteroatoms. The number of hydrogen-bond acceptors (Lipinski definition) is 3. The third-order valence-corrected chi connectivity index (χ3v) is 2.79. The molecule has 0 aliphatic heterocycles. The topological polar surface area (TPSA) is 42.4 Å². The van der Waals surface area contributed by atoms with E-state index in [1.165, 1.54) is 12.3 Å². The number of methoxy groups -OCH3 is 1. The first-order chi connectivity index (χ1) is 7.24. The summed E-state index contributed by atoms with van der Waals surface area (Å²) in [6.45, 7) is 0. The minimum Gasteiger partial charge on any atom is -0.386 e. The van der Waals surface area contributed by atoms with Crippen LogP contribution < -0.4 is 0 Å². The van der Waals surface area contributed by atoms with E-state index in [4.69, 9.17) is 4.74 Å². The Bertz CT molecular complexity index is 341. The van der Waals surface area contributed by atoms with Crippen molar-refractivity contribution in [2.24, 2.45) is 5.92 Å². The Hall–Kier alpha value is -1.00. The van der Waals surface area contributed by atoms with Crippen LogP contribution in [-0.2, 0) is 4.74 Å². The van der Waals surface area contributed by atoms with E-state index in [0.717, 1.165) is 19.0 Å². The fourth-order valence-electron chi connectivity index (χ4n) is 1.81. The van der Waals surface area contributed by atoms with E-state index in [1.807, 2.05) is 0 Å². The lowest BCUT2D eigenvalue weighted by Crippen LogP contribution is -2.23. The summed E-state index contributed by atoms with van der Waals surface area (Å²) in [6, 6.07) is 1.49. The van der Waals surface area contributed by atoms with E-state index >= 15 is 0 Å². The van der Waals surface area contributed by atoms with Crippen molar-refractivity contribution in [1.82, 2.24) is 4.98 Å². The van der Waals surface area contributed by atoms with Gasteiger partial charge in [-0.15, -0.1) is 0 Å². The maximum atomic E-state index is 13.3. The molecule has 2 atom stereocenters. The van der Waals surface area contributed by atoms with Gasteiger partial charge in [-0.2, -0.15) is 0 Å². The summed E-state index contributed by atoms with van der Waals surface area (Å²) in [5, 5.41) is 9.98. The van der Waals surface area contributed by atoms with Crippen LogP contribution in [0.25, 0.3) is 0 Å². The van der Waals surface area contributed by atoms with Gasteiger partial charge in [0.25, 0.3) is 0 Å². The summed E-state index contributed by atoms with van der Waals surface area (Å²) in [6.07, 6.45) is 3.47. The van der Waals surface area contributed by atoms with Gasteiger partial charge in [0.1, 0.15) is 11.9 Å². The Labute approximate surface area is 87.9 Å². The number of nitrogens with zero attached hydrogens (tertiary/aromatic N) is 1. The Balaban J connectivity index is 2.18. The second-order valence-corrected chi connectivity index (χ2v) is 3.88. The smallest absolute Gasteiger partial charge is 0.147 e. The molecule has 1 heterocycles. The molecule has 2 rings (SSSR count). The van der Waals surface area contributed by atoms with Crippen molar-refractivity contribution in [2.45, 2.75) is 25.0 Å². The van der Waals surface area contributed by atoms with E-state index in [-0.39, 0.29) is 11.7 Å². The van der Waals surface area contributed by atoms with Crippen LogP contribution in [0.2, 0.25) is 0 Å². The molecule has 2 unspecified atom stereocenters.